The van der Waals surface area contributed by atoms with E-state index >= 15 is 0 Å². The van der Waals surface area contributed by atoms with Crippen LogP contribution >= 0.6 is 0 Å². The first kappa shape index (κ1) is 21.7. The fourth-order valence-corrected chi connectivity index (χ4v) is 3.35. The maximum absolute atomic E-state index is 11.6. The molecule has 0 amide bonds. The molecule has 7 heteroatoms. The molecule has 1 heterocycles. The molecule has 0 fully saturated rings. The van der Waals surface area contributed by atoms with Gasteiger partial charge in [-0.1, -0.05) is 30.3 Å². The highest BCUT2D eigenvalue weighted by atomic mass is 16.5. The summed E-state index contributed by atoms with van der Waals surface area (Å²) in [6.45, 7) is 2.10. The van der Waals surface area contributed by atoms with Crippen LogP contribution in [0.2, 0.25) is 0 Å². The van der Waals surface area contributed by atoms with Gasteiger partial charge in [0.05, 0.1) is 12.1 Å². The number of nitrogens with zero attached hydrogens (tertiary/aromatic N) is 2. The predicted octanol–water partition coefficient (Wildman–Crippen LogP) is 5.20. The molecule has 0 aliphatic carbocycles. The smallest absolute Gasteiger partial charge is 0.330 e. The minimum atomic E-state index is -0.385. The van der Waals surface area contributed by atoms with E-state index in [9.17, 15) is 4.79 Å². The van der Waals surface area contributed by atoms with Gasteiger partial charge in [-0.3, -0.25) is 0 Å². The van der Waals surface area contributed by atoms with Gasteiger partial charge in [0.1, 0.15) is 5.82 Å². The normalized spacial score (nSPS) is 10.9. The van der Waals surface area contributed by atoms with Crippen LogP contribution in [-0.2, 0) is 9.53 Å². The summed E-state index contributed by atoms with van der Waals surface area (Å²) in [5.41, 5.74) is 10.3. The molecule has 33 heavy (non-hydrogen) atoms. The molecule has 0 saturated heterocycles. The van der Waals surface area contributed by atoms with E-state index in [1.807, 2.05) is 54.6 Å². The van der Waals surface area contributed by atoms with Crippen molar-refractivity contribution in [1.82, 2.24) is 9.97 Å². The van der Waals surface area contributed by atoms with E-state index in [2.05, 4.69) is 5.32 Å². The van der Waals surface area contributed by atoms with Crippen LogP contribution in [0.1, 0.15) is 18.1 Å². The summed E-state index contributed by atoms with van der Waals surface area (Å²) in [6.07, 6.45) is 4.33. The third kappa shape index (κ3) is 5.04. The van der Waals surface area contributed by atoms with Crippen LogP contribution in [0.3, 0.4) is 0 Å². The molecule has 7 nitrogen and oxygen atoms in total. The summed E-state index contributed by atoms with van der Waals surface area (Å²) in [5.74, 6) is 0.804. The van der Waals surface area contributed by atoms with Gasteiger partial charge in [-0.25, -0.2) is 14.8 Å². The molecule has 0 radical (unpaired) electrons. The van der Waals surface area contributed by atoms with Gasteiger partial charge in [-0.2, -0.15) is 0 Å². The minimum Gasteiger partial charge on any atom is -0.463 e. The highest BCUT2D eigenvalue weighted by molar-refractivity contribution is 5.93. The van der Waals surface area contributed by atoms with Gasteiger partial charge in [0.2, 0.25) is 0 Å². The first-order chi connectivity index (χ1) is 16.1. The lowest BCUT2D eigenvalue weighted by Gasteiger charge is -2.12. The van der Waals surface area contributed by atoms with E-state index in [0.717, 1.165) is 27.7 Å². The summed E-state index contributed by atoms with van der Waals surface area (Å²) in [5, 5.41) is 11.8. The molecule has 0 bridgehead atoms. The lowest BCUT2D eigenvalue weighted by Crippen LogP contribution is -2.01. The van der Waals surface area contributed by atoms with Crippen LogP contribution in [0, 0.1) is 5.41 Å². The van der Waals surface area contributed by atoms with Gasteiger partial charge < -0.3 is 21.2 Å². The zero-order chi connectivity index (χ0) is 23.2. The number of carbonyl (C=O) groups excluding carboxylic acids is 1. The lowest BCUT2D eigenvalue weighted by atomic mass is 10.1. The zero-order valence-corrected chi connectivity index (χ0v) is 18.1. The first-order valence-corrected chi connectivity index (χ1v) is 10.5. The maximum Gasteiger partial charge on any atom is 0.330 e. The van der Waals surface area contributed by atoms with E-state index in [0.29, 0.717) is 29.5 Å². The molecule has 0 atom stereocenters. The molecule has 0 aliphatic heterocycles. The number of hydrogen-bond donors (Lipinski definition) is 3. The Morgan fingerprint density at radius 2 is 1.94 bits per heavy atom. The Kier molecular flexibility index (Phi) is 6.40. The van der Waals surface area contributed by atoms with Gasteiger partial charge in [0, 0.05) is 40.2 Å². The largest absolute Gasteiger partial charge is 0.463 e. The standard InChI is InChI=1S/C26H23N5O2/c1-2-33-24(32)13-10-17-6-5-7-18(14-17)25-30-23-9-4-3-8-21(23)26(31-25)29-20-11-12-22(28)19(15-20)16-27/h3-16,27H,2,28H2,1H3,(H,29,30,31)/b13-10+,27-16?. The van der Waals surface area contributed by atoms with Crippen LogP contribution in [0.4, 0.5) is 17.2 Å². The zero-order valence-electron chi connectivity index (χ0n) is 18.1. The number of hydrogen-bond acceptors (Lipinski definition) is 7. The molecule has 4 rings (SSSR count). The summed E-state index contributed by atoms with van der Waals surface area (Å²) >= 11 is 0. The Balaban J connectivity index is 1.74. The maximum atomic E-state index is 11.6. The summed E-state index contributed by atoms with van der Waals surface area (Å²) < 4.78 is 4.94. The van der Waals surface area contributed by atoms with Crippen molar-refractivity contribution < 1.29 is 9.53 Å². The van der Waals surface area contributed by atoms with Crippen molar-refractivity contribution in [3.05, 3.63) is 83.9 Å². The number of benzene rings is 3. The molecule has 0 aliphatic rings. The van der Waals surface area contributed by atoms with Gasteiger partial charge in [-0.05, 0) is 55.0 Å². The summed E-state index contributed by atoms with van der Waals surface area (Å²) in [4.78, 5) is 21.2. The molecular formula is C26H23N5O2. The van der Waals surface area contributed by atoms with Crippen molar-refractivity contribution in [3.8, 4) is 11.4 Å². The van der Waals surface area contributed by atoms with Gasteiger partial charge in [0.25, 0.3) is 0 Å². The molecule has 1 aromatic heterocycles. The van der Waals surface area contributed by atoms with Crippen molar-refractivity contribution in [3.63, 3.8) is 0 Å². The fourth-order valence-electron chi connectivity index (χ4n) is 3.35. The second-order valence-corrected chi connectivity index (χ2v) is 7.24. The van der Waals surface area contributed by atoms with Crippen molar-refractivity contribution in [2.24, 2.45) is 0 Å². The number of nitrogen functional groups attached to an aromatic ring is 1. The number of anilines is 3. The van der Waals surface area contributed by atoms with E-state index in [-0.39, 0.29) is 5.97 Å². The van der Waals surface area contributed by atoms with E-state index in [1.165, 1.54) is 12.3 Å². The van der Waals surface area contributed by atoms with E-state index in [4.69, 9.17) is 25.8 Å². The van der Waals surface area contributed by atoms with Crippen LogP contribution in [0.15, 0.2) is 72.8 Å². The van der Waals surface area contributed by atoms with E-state index < -0.39 is 0 Å². The van der Waals surface area contributed by atoms with E-state index in [1.54, 1.807) is 25.1 Å². The SMILES string of the molecule is CCOC(=O)/C=C/c1cccc(-c2nc(Nc3ccc(N)c(C=N)c3)c3ccccc3n2)c1. The second-order valence-electron chi connectivity index (χ2n) is 7.24. The number of fused-ring (bicyclic) bond motifs is 1. The topological polar surface area (TPSA) is 114 Å². The van der Waals surface area contributed by atoms with Crippen LogP contribution in [-0.4, -0.2) is 28.8 Å². The number of esters is 1. The van der Waals surface area contributed by atoms with Crippen molar-refractivity contribution in [1.29, 1.82) is 5.41 Å². The second kappa shape index (κ2) is 9.74. The van der Waals surface area contributed by atoms with Gasteiger partial charge >= 0.3 is 5.97 Å². The number of para-hydroxylation sites is 1. The van der Waals surface area contributed by atoms with Gasteiger partial charge in [0.15, 0.2) is 5.82 Å². The number of rotatable bonds is 7. The molecular weight excluding hydrogens is 414 g/mol. The van der Waals surface area contributed by atoms with Crippen LogP contribution < -0.4 is 11.1 Å². The van der Waals surface area contributed by atoms with Crippen LogP contribution in [0.5, 0.6) is 0 Å². The summed E-state index contributed by atoms with van der Waals surface area (Å²) in [7, 11) is 0. The monoisotopic (exact) mass is 437 g/mol. The molecule has 164 valence electrons. The molecule has 0 spiro atoms. The number of aromatic nitrogens is 2. The Labute approximate surface area is 191 Å². The number of ether oxygens (including phenoxy) is 1. The molecule has 4 N–H and O–H groups in total. The third-order valence-corrected chi connectivity index (χ3v) is 4.95. The number of carbonyl (C=O) groups is 1. The van der Waals surface area contributed by atoms with Gasteiger partial charge in [-0.15, -0.1) is 0 Å². The molecule has 4 aromatic rings. The number of nitrogens with one attached hydrogen (secondary N) is 2. The highest BCUT2D eigenvalue weighted by Crippen LogP contribution is 2.28. The average Bonchev–Trinajstić information content (AvgIpc) is 2.84. The van der Waals surface area contributed by atoms with Crippen molar-refractivity contribution in [2.45, 2.75) is 6.92 Å². The Bertz CT molecular complexity index is 1360. The van der Waals surface area contributed by atoms with Crippen molar-refractivity contribution in [2.75, 3.05) is 17.7 Å². The Morgan fingerprint density at radius 1 is 1.09 bits per heavy atom. The third-order valence-electron chi connectivity index (χ3n) is 4.95. The molecule has 0 saturated carbocycles. The average molecular weight is 438 g/mol. The number of nitrogens with two attached hydrogens (primary N) is 1. The van der Waals surface area contributed by atoms with Crippen molar-refractivity contribution >= 4 is 46.4 Å². The molecule has 0 unspecified atom stereocenters. The molecule has 3 aromatic carbocycles. The lowest BCUT2D eigenvalue weighted by molar-refractivity contribution is -0.137. The Hall–Kier alpha value is -4.52. The Morgan fingerprint density at radius 3 is 2.76 bits per heavy atom. The highest BCUT2D eigenvalue weighted by Gasteiger charge is 2.11. The quantitative estimate of drug-likeness (QED) is 0.159. The summed E-state index contributed by atoms with van der Waals surface area (Å²) in [6, 6.07) is 20.8. The van der Waals surface area contributed by atoms with Crippen LogP contribution in [0.25, 0.3) is 28.4 Å². The predicted molar refractivity (Wildman–Crippen MR) is 133 cm³/mol. The first-order valence-electron chi connectivity index (χ1n) is 10.5. The minimum absolute atomic E-state index is 0.333. The fraction of sp³-hybridized carbons (Fsp3) is 0.0769.